The lowest BCUT2D eigenvalue weighted by Gasteiger charge is -2.31. The summed E-state index contributed by atoms with van der Waals surface area (Å²) >= 11 is 9.53. The highest BCUT2D eigenvalue weighted by molar-refractivity contribution is 6.40. The summed E-state index contributed by atoms with van der Waals surface area (Å²) < 4.78 is 70.7. The van der Waals surface area contributed by atoms with E-state index in [2.05, 4.69) is 45.8 Å². The predicted molar refractivity (Wildman–Crippen MR) is 191 cm³/mol. The maximum atomic E-state index is 13.8. The van der Waals surface area contributed by atoms with Crippen LogP contribution >= 0.6 is 23.2 Å². The monoisotopic (exact) mass is 730 g/mol. The summed E-state index contributed by atoms with van der Waals surface area (Å²) in [7, 11) is 0. The Bertz CT molecular complexity index is 1720. The van der Waals surface area contributed by atoms with Crippen LogP contribution in [0.1, 0.15) is 72.2 Å². The Hall–Kier alpha value is -4.47. The van der Waals surface area contributed by atoms with E-state index in [9.17, 15) is 27.1 Å². The molecule has 1 aliphatic rings. The first-order valence-electron chi connectivity index (χ1n) is 15.0. The van der Waals surface area contributed by atoms with Crippen LogP contribution < -0.4 is 9.47 Å². The van der Waals surface area contributed by atoms with E-state index in [4.69, 9.17) is 23.2 Å². The topological polar surface area (TPSA) is 38.7 Å². The molecule has 264 valence electrons. The Morgan fingerprint density at radius 2 is 1.14 bits per heavy atom. The van der Waals surface area contributed by atoms with Gasteiger partial charge in [0.25, 0.3) is 0 Å². The minimum absolute atomic E-state index is 0. The summed E-state index contributed by atoms with van der Waals surface area (Å²) in [6.45, 7) is -2.14. The van der Waals surface area contributed by atoms with Gasteiger partial charge in [0, 0.05) is 28.7 Å². The van der Waals surface area contributed by atoms with Crippen molar-refractivity contribution in [2.45, 2.75) is 58.1 Å². The Labute approximate surface area is 300 Å². The van der Waals surface area contributed by atoms with E-state index in [0.717, 1.165) is 24.0 Å². The van der Waals surface area contributed by atoms with Crippen molar-refractivity contribution < 1.29 is 36.5 Å². The van der Waals surface area contributed by atoms with Crippen molar-refractivity contribution in [3.8, 4) is 35.2 Å². The average molecular weight is 732 g/mol. The quantitative estimate of drug-likeness (QED) is 0.0849. The van der Waals surface area contributed by atoms with Gasteiger partial charge in [-0.05, 0) is 103 Å². The molecule has 1 atom stereocenters. The molecular formula is C40H37Cl2F5O3. The molecule has 1 fully saturated rings. The third-order valence-electron chi connectivity index (χ3n) is 6.95. The first-order chi connectivity index (χ1) is 23.6. The lowest BCUT2D eigenvalue weighted by atomic mass is 9.77. The second-order valence-electron chi connectivity index (χ2n) is 10.5. The summed E-state index contributed by atoms with van der Waals surface area (Å²) in [6.07, 6.45) is 2.13. The minimum atomic E-state index is -2.85. The number of hydrogen-bond donors (Lipinski definition) is 1. The van der Waals surface area contributed by atoms with E-state index >= 15 is 0 Å². The number of halogens is 7. The second kappa shape index (κ2) is 22.3. The lowest BCUT2D eigenvalue weighted by Crippen LogP contribution is -2.26. The van der Waals surface area contributed by atoms with Crippen LogP contribution in [0.15, 0.2) is 110 Å². The Morgan fingerprint density at radius 1 is 0.700 bits per heavy atom. The Kier molecular flexibility index (Phi) is 18.6. The molecule has 0 radical (unpaired) electrons. The number of aliphatic hydroxyl groups excluding tert-OH is 1. The zero-order valence-electron chi connectivity index (χ0n) is 26.1. The summed E-state index contributed by atoms with van der Waals surface area (Å²) in [4.78, 5) is 0. The lowest BCUT2D eigenvalue weighted by molar-refractivity contribution is -0.0505. The fraction of sp³-hybridized carbons (Fsp3) is 0.250. The highest BCUT2D eigenvalue weighted by Crippen LogP contribution is 2.36. The molecule has 0 heterocycles. The largest absolute Gasteiger partial charge is 0.435 e. The molecule has 1 unspecified atom stereocenters. The van der Waals surface area contributed by atoms with Gasteiger partial charge >= 0.3 is 13.2 Å². The van der Waals surface area contributed by atoms with E-state index < -0.39 is 19.4 Å². The Balaban J connectivity index is 0.000000316. The van der Waals surface area contributed by atoms with Crippen molar-refractivity contribution in [3.63, 3.8) is 0 Å². The molecule has 1 saturated carbocycles. The summed E-state index contributed by atoms with van der Waals surface area (Å²) in [5.74, 6) is 12.5. The van der Waals surface area contributed by atoms with Gasteiger partial charge < -0.3 is 14.6 Å². The number of hydrogen-bond acceptors (Lipinski definition) is 3. The molecule has 4 aromatic rings. The van der Waals surface area contributed by atoms with Crippen molar-refractivity contribution >= 4 is 23.2 Å². The maximum Gasteiger partial charge on any atom is 0.387 e. The number of ether oxygens (including phenoxy) is 2. The first kappa shape index (κ1) is 41.7. The zero-order valence-corrected chi connectivity index (χ0v) is 27.7. The van der Waals surface area contributed by atoms with Gasteiger partial charge in [0.1, 0.15) is 17.7 Å². The SMILES string of the molecule is C.C=CCC(F)c1cccc(C#Cc2ccc(OC(F)F)cc2)c1.ClCCl.OC1CC(c2cccc(C#Cc3ccc(OC(F)F)cc3)c2)C1. The van der Waals surface area contributed by atoms with E-state index in [1.165, 1.54) is 35.9 Å². The molecule has 50 heavy (non-hydrogen) atoms. The normalized spacial score (nSPS) is 14.7. The van der Waals surface area contributed by atoms with Crippen molar-refractivity contribution in [2.24, 2.45) is 0 Å². The molecule has 3 nitrogen and oxygen atoms in total. The molecule has 1 N–H and O–H groups in total. The molecule has 5 rings (SSSR count). The van der Waals surface area contributed by atoms with Gasteiger partial charge in [0.2, 0.25) is 0 Å². The van der Waals surface area contributed by atoms with Gasteiger partial charge in [-0.25, -0.2) is 4.39 Å². The van der Waals surface area contributed by atoms with Gasteiger partial charge in [0.15, 0.2) is 0 Å². The predicted octanol–water partition coefficient (Wildman–Crippen LogP) is 11.3. The maximum absolute atomic E-state index is 13.8. The molecule has 0 aromatic heterocycles. The Morgan fingerprint density at radius 3 is 1.58 bits per heavy atom. The highest BCUT2D eigenvalue weighted by Gasteiger charge is 2.28. The second-order valence-corrected chi connectivity index (χ2v) is 11.3. The van der Waals surface area contributed by atoms with Crippen LogP contribution in [0, 0.1) is 23.7 Å². The van der Waals surface area contributed by atoms with Crippen LogP contribution in [-0.4, -0.2) is 29.8 Å². The van der Waals surface area contributed by atoms with E-state index in [1.54, 1.807) is 48.5 Å². The summed E-state index contributed by atoms with van der Waals surface area (Å²) in [6, 6.07) is 27.2. The van der Waals surface area contributed by atoms with Gasteiger partial charge in [-0.3, -0.25) is 0 Å². The third kappa shape index (κ3) is 15.0. The van der Waals surface area contributed by atoms with Crippen molar-refractivity contribution in [1.82, 2.24) is 0 Å². The molecule has 0 saturated heterocycles. The molecule has 0 spiro atoms. The molecular weight excluding hydrogens is 694 g/mol. The molecule has 0 bridgehead atoms. The molecule has 0 aliphatic heterocycles. The van der Waals surface area contributed by atoms with E-state index in [-0.39, 0.29) is 36.8 Å². The van der Waals surface area contributed by atoms with Crippen LogP contribution in [0.2, 0.25) is 0 Å². The molecule has 4 aromatic carbocycles. The van der Waals surface area contributed by atoms with Gasteiger partial charge in [-0.2, -0.15) is 17.6 Å². The number of alkyl halides is 7. The fourth-order valence-electron chi connectivity index (χ4n) is 4.55. The molecule has 0 amide bonds. The van der Waals surface area contributed by atoms with Crippen molar-refractivity contribution in [3.05, 3.63) is 143 Å². The van der Waals surface area contributed by atoms with Crippen molar-refractivity contribution in [2.75, 3.05) is 5.34 Å². The van der Waals surface area contributed by atoms with E-state index in [0.29, 0.717) is 22.6 Å². The molecule has 10 heteroatoms. The standard InChI is InChI=1S/C19H15F3O.C19H16F2O2.CH2Cl2.CH4/c1-2-4-18(20)16-6-3-5-15(13-16)8-7-14-9-11-17(12-10-14)23-19(21)22;20-19(21)23-18-8-6-13(7-9-18)4-5-14-2-1-3-15(10-14)16-11-17(22)12-16;2-1-3;/h2-3,5-6,9-13,18-19H,1,4H2;1-3,6-10,16-17,19,22H,11-12H2;1H2;1H4. The number of aliphatic hydroxyl groups is 1. The fourth-order valence-corrected chi connectivity index (χ4v) is 4.55. The zero-order chi connectivity index (χ0) is 35.6. The van der Waals surface area contributed by atoms with Crippen LogP contribution in [-0.2, 0) is 0 Å². The van der Waals surface area contributed by atoms with Crippen molar-refractivity contribution in [1.29, 1.82) is 0 Å². The number of benzene rings is 4. The summed E-state index contributed by atoms with van der Waals surface area (Å²) in [5.41, 5.74) is 4.72. The van der Waals surface area contributed by atoms with Crippen LogP contribution in [0.3, 0.4) is 0 Å². The van der Waals surface area contributed by atoms with Gasteiger partial charge in [-0.15, -0.1) is 29.8 Å². The van der Waals surface area contributed by atoms with E-state index in [1.807, 2.05) is 18.2 Å². The third-order valence-corrected chi connectivity index (χ3v) is 6.95. The molecule has 1 aliphatic carbocycles. The minimum Gasteiger partial charge on any atom is -0.435 e. The summed E-state index contributed by atoms with van der Waals surface area (Å²) in [5, 5.41) is 9.59. The number of allylic oxidation sites excluding steroid dienone is 1. The van der Waals surface area contributed by atoms with Gasteiger partial charge in [0.05, 0.1) is 11.4 Å². The van der Waals surface area contributed by atoms with Gasteiger partial charge in [-0.1, -0.05) is 61.4 Å². The number of rotatable bonds is 8. The smallest absolute Gasteiger partial charge is 0.387 e. The van der Waals surface area contributed by atoms with Crippen LogP contribution in [0.5, 0.6) is 11.5 Å². The van der Waals surface area contributed by atoms with Crippen LogP contribution in [0.25, 0.3) is 0 Å². The van der Waals surface area contributed by atoms with Crippen LogP contribution in [0.4, 0.5) is 22.0 Å². The highest BCUT2D eigenvalue weighted by atomic mass is 35.5. The average Bonchev–Trinajstić information content (AvgIpc) is 3.07. The first-order valence-corrected chi connectivity index (χ1v) is 16.1.